The molecule has 0 heterocycles. The van der Waals surface area contributed by atoms with E-state index in [4.69, 9.17) is 0 Å². The van der Waals surface area contributed by atoms with Crippen molar-refractivity contribution in [3.63, 3.8) is 0 Å². The maximum Gasteiger partial charge on any atom is 0.137 e. The van der Waals surface area contributed by atoms with Gasteiger partial charge in [0, 0.05) is 17.8 Å². The van der Waals surface area contributed by atoms with Crippen LogP contribution in [0.1, 0.15) is 32.6 Å². The fourth-order valence-electron chi connectivity index (χ4n) is 4.87. The summed E-state index contributed by atoms with van der Waals surface area (Å²) < 4.78 is 0. The highest BCUT2D eigenvalue weighted by molar-refractivity contribution is 5.96. The standard InChI is InChI=1S/C16H20O2/c1-3-5-12-8-14(18)15-13-7-4-6-11(13)9-16(12,15)10(2)17/h3-4,6,11-13,15H,1,5,7-9H2,2H3/t11-,12-,13-,15-,16-/m0/s1. The van der Waals surface area contributed by atoms with Crippen LogP contribution in [0.2, 0.25) is 0 Å². The number of ketones is 2. The minimum absolute atomic E-state index is 0.0139. The molecule has 0 aromatic rings. The summed E-state index contributed by atoms with van der Waals surface area (Å²) in [6.07, 6.45) is 9.54. The zero-order valence-electron chi connectivity index (χ0n) is 10.9. The molecule has 3 rings (SSSR count). The minimum Gasteiger partial charge on any atom is -0.299 e. The van der Waals surface area contributed by atoms with E-state index in [1.807, 2.05) is 6.08 Å². The lowest BCUT2D eigenvalue weighted by Gasteiger charge is -2.33. The molecule has 0 aromatic carbocycles. The molecule has 2 fully saturated rings. The van der Waals surface area contributed by atoms with E-state index in [-0.39, 0.29) is 23.0 Å². The third kappa shape index (κ3) is 1.29. The van der Waals surface area contributed by atoms with Crippen molar-refractivity contribution in [2.75, 3.05) is 0 Å². The molecule has 3 aliphatic carbocycles. The number of hydrogen-bond donors (Lipinski definition) is 0. The van der Waals surface area contributed by atoms with Crippen LogP contribution in [0.5, 0.6) is 0 Å². The van der Waals surface area contributed by atoms with Gasteiger partial charge in [-0.25, -0.2) is 0 Å². The van der Waals surface area contributed by atoms with Crippen molar-refractivity contribution in [2.45, 2.75) is 32.6 Å². The largest absolute Gasteiger partial charge is 0.299 e. The number of fused-ring (bicyclic) bond motifs is 3. The van der Waals surface area contributed by atoms with Crippen molar-refractivity contribution in [1.82, 2.24) is 0 Å². The van der Waals surface area contributed by atoms with Gasteiger partial charge in [0.05, 0.1) is 0 Å². The Bertz CT molecular complexity index is 448. The number of allylic oxidation sites excluding steroid dienone is 3. The van der Waals surface area contributed by atoms with E-state index in [9.17, 15) is 9.59 Å². The molecular weight excluding hydrogens is 224 g/mol. The molecule has 2 saturated carbocycles. The van der Waals surface area contributed by atoms with Crippen LogP contribution in [0, 0.1) is 29.1 Å². The van der Waals surface area contributed by atoms with Crippen molar-refractivity contribution >= 4 is 11.6 Å². The summed E-state index contributed by atoms with van der Waals surface area (Å²) in [7, 11) is 0. The number of Topliss-reactive ketones (excluding diaryl/α,β-unsaturated/α-hetero) is 2. The summed E-state index contributed by atoms with van der Waals surface area (Å²) in [4.78, 5) is 24.7. The molecule has 96 valence electrons. The molecule has 3 aliphatic rings. The van der Waals surface area contributed by atoms with E-state index < -0.39 is 0 Å². The second-order valence-electron chi connectivity index (χ2n) is 6.16. The predicted molar refractivity (Wildman–Crippen MR) is 69.9 cm³/mol. The average molecular weight is 244 g/mol. The molecule has 0 amide bonds. The second-order valence-corrected chi connectivity index (χ2v) is 6.16. The fraction of sp³-hybridized carbons (Fsp3) is 0.625. The summed E-state index contributed by atoms with van der Waals surface area (Å²) >= 11 is 0. The first kappa shape index (κ1) is 11.9. The van der Waals surface area contributed by atoms with E-state index in [1.165, 1.54) is 0 Å². The van der Waals surface area contributed by atoms with Crippen LogP contribution >= 0.6 is 0 Å². The molecule has 0 unspecified atom stereocenters. The van der Waals surface area contributed by atoms with Crippen LogP contribution in [0.15, 0.2) is 24.8 Å². The summed E-state index contributed by atoms with van der Waals surface area (Å²) in [5.41, 5.74) is -0.370. The van der Waals surface area contributed by atoms with Crippen LogP contribution in [0.3, 0.4) is 0 Å². The van der Waals surface area contributed by atoms with Gasteiger partial charge in [0.15, 0.2) is 0 Å². The van der Waals surface area contributed by atoms with Gasteiger partial charge in [0.2, 0.25) is 0 Å². The Hall–Kier alpha value is -1.18. The van der Waals surface area contributed by atoms with E-state index in [1.54, 1.807) is 6.92 Å². The van der Waals surface area contributed by atoms with Gasteiger partial charge in [-0.15, -0.1) is 6.58 Å². The highest BCUT2D eigenvalue weighted by Crippen LogP contribution is 2.64. The summed E-state index contributed by atoms with van der Waals surface area (Å²) in [5.74, 6) is 1.59. The second kappa shape index (κ2) is 3.91. The number of carbonyl (C=O) groups excluding carboxylic acids is 2. The molecule has 0 bridgehead atoms. The molecule has 0 aliphatic heterocycles. The average Bonchev–Trinajstić information content (AvgIpc) is 2.90. The van der Waals surface area contributed by atoms with E-state index >= 15 is 0 Å². The van der Waals surface area contributed by atoms with Gasteiger partial charge in [0.25, 0.3) is 0 Å². The Labute approximate surface area is 108 Å². The topological polar surface area (TPSA) is 34.1 Å². The maximum absolute atomic E-state index is 12.4. The normalized spacial score (nSPS) is 45.1. The zero-order chi connectivity index (χ0) is 12.9. The van der Waals surface area contributed by atoms with Crippen molar-refractivity contribution in [3.05, 3.63) is 24.8 Å². The van der Waals surface area contributed by atoms with Crippen LogP contribution in [0.25, 0.3) is 0 Å². The Morgan fingerprint density at radius 1 is 1.61 bits per heavy atom. The summed E-state index contributed by atoms with van der Waals surface area (Å²) in [6.45, 7) is 5.48. The van der Waals surface area contributed by atoms with E-state index in [2.05, 4.69) is 18.7 Å². The van der Waals surface area contributed by atoms with Gasteiger partial charge in [0.1, 0.15) is 11.6 Å². The quantitative estimate of drug-likeness (QED) is 0.715. The third-order valence-electron chi connectivity index (χ3n) is 5.53. The molecule has 0 radical (unpaired) electrons. The van der Waals surface area contributed by atoms with Crippen molar-refractivity contribution in [2.24, 2.45) is 29.1 Å². The lowest BCUT2D eigenvalue weighted by atomic mass is 9.68. The smallest absolute Gasteiger partial charge is 0.137 e. The molecule has 2 nitrogen and oxygen atoms in total. The number of hydrogen-bond acceptors (Lipinski definition) is 2. The van der Waals surface area contributed by atoms with Gasteiger partial charge < -0.3 is 0 Å². The van der Waals surface area contributed by atoms with Crippen LogP contribution in [0.4, 0.5) is 0 Å². The predicted octanol–water partition coefficient (Wildman–Crippen LogP) is 2.94. The van der Waals surface area contributed by atoms with Gasteiger partial charge >= 0.3 is 0 Å². The lowest BCUT2D eigenvalue weighted by Crippen LogP contribution is -2.37. The zero-order valence-corrected chi connectivity index (χ0v) is 10.9. The molecule has 5 atom stereocenters. The van der Waals surface area contributed by atoms with E-state index in [0.29, 0.717) is 24.0 Å². The highest BCUT2D eigenvalue weighted by Gasteiger charge is 2.65. The molecule has 2 heteroatoms. The molecule has 18 heavy (non-hydrogen) atoms. The highest BCUT2D eigenvalue weighted by atomic mass is 16.1. The van der Waals surface area contributed by atoms with E-state index in [0.717, 1.165) is 19.3 Å². The fourth-order valence-corrected chi connectivity index (χ4v) is 4.87. The Morgan fingerprint density at radius 3 is 3.06 bits per heavy atom. The summed E-state index contributed by atoms with van der Waals surface area (Å²) in [5, 5.41) is 0. The van der Waals surface area contributed by atoms with Gasteiger partial charge in [-0.05, 0) is 43.9 Å². The van der Waals surface area contributed by atoms with Crippen LogP contribution in [-0.4, -0.2) is 11.6 Å². The SMILES string of the molecule is C=CC[C@H]1CC(=O)[C@@H]2[C@H]3CC=C[C@H]3C[C@]12C(C)=O. The Morgan fingerprint density at radius 2 is 2.39 bits per heavy atom. The first-order chi connectivity index (χ1) is 8.61. The number of rotatable bonds is 3. The molecule has 0 aromatic heterocycles. The van der Waals surface area contributed by atoms with Crippen LogP contribution in [-0.2, 0) is 9.59 Å². The van der Waals surface area contributed by atoms with Crippen molar-refractivity contribution in [1.29, 1.82) is 0 Å². The minimum atomic E-state index is -0.370. The monoisotopic (exact) mass is 244 g/mol. The molecule has 0 saturated heterocycles. The van der Waals surface area contributed by atoms with Crippen molar-refractivity contribution in [3.8, 4) is 0 Å². The molecular formula is C16H20O2. The van der Waals surface area contributed by atoms with Gasteiger partial charge in [-0.2, -0.15) is 0 Å². The molecule has 0 N–H and O–H groups in total. The van der Waals surface area contributed by atoms with Gasteiger partial charge in [-0.3, -0.25) is 9.59 Å². The first-order valence-electron chi connectivity index (χ1n) is 6.92. The van der Waals surface area contributed by atoms with Gasteiger partial charge in [-0.1, -0.05) is 18.2 Å². The van der Waals surface area contributed by atoms with Crippen molar-refractivity contribution < 1.29 is 9.59 Å². The Kier molecular flexibility index (Phi) is 2.58. The lowest BCUT2D eigenvalue weighted by molar-refractivity contribution is -0.134. The maximum atomic E-state index is 12.4. The third-order valence-corrected chi connectivity index (χ3v) is 5.53. The summed E-state index contributed by atoms with van der Waals surface area (Å²) in [6, 6.07) is 0. The number of carbonyl (C=O) groups is 2. The Balaban J connectivity index is 2.05. The van der Waals surface area contributed by atoms with Crippen LogP contribution < -0.4 is 0 Å². The first-order valence-corrected chi connectivity index (χ1v) is 6.92. The molecule has 0 spiro atoms.